The number of aliphatic hydroxyl groups excluding tert-OH is 1. The standard InChI is InChI=1S/C12H21N3O3S/c1-11-3-2-5-15(6-4-11)19(17,18)12-9-13-14(10-12)7-8-16/h9-11,16H,2-8H2,1H3. The van der Waals surface area contributed by atoms with E-state index in [1.807, 2.05) is 0 Å². The lowest BCUT2D eigenvalue weighted by Crippen LogP contribution is -2.31. The van der Waals surface area contributed by atoms with Gasteiger partial charge in [-0.25, -0.2) is 8.42 Å². The van der Waals surface area contributed by atoms with E-state index < -0.39 is 10.0 Å². The largest absolute Gasteiger partial charge is 0.394 e. The predicted molar refractivity (Wildman–Crippen MR) is 71.1 cm³/mol. The van der Waals surface area contributed by atoms with Crippen molar-refractivity contribution in [1.29, 1.82) is 0 Å². The fourth-order valence-corrected chi connectivity index (χ4v) is 3.78. The maximum absolute atomic E-state index is 12.5. The fraction of sp³-hybridized carbons (Fsp3) is 0.750. The number of aliphatic hydroxyl groups is 1. The van der Waals surface area contributed by atoms with Crippen molar-refractivity contribution in [2.24, 2.45) is 5.92 Å². The van der Waals surface area contributed by atoms with Crippen molar-refractivity contribution in [2.75, 3.05) is 19.7 Å². The second-order valence-corrected chi connectivity index (χ2v) is 7.04. The zero-order chi connectivity index (χ0) is 13.9. The van der Waals surface area contributed by atoms with E-state index in [-0.39, 0.29) is 11.5 Å². The van der Waals surface area contributed by atoms with Crippen molar-refractivity contribution in [3.8, 4) is 0 Å². The maximum atomic E-state index is 12.5. The van der Waals surface area contributed by atoms with Crippen LogP contribution in [0.4, 0.5) is 0 Å². The summed E-state index contributed by atoms with van der Waals surface area (Å²) < 4.78 is 28.0. The SMILES string of the molecule is CC1CCCN(S(=O)(=O)c2cnn(CCO)c2)CC1. The number of sulfonamides is 1. The van der Waals surface area contributed by atoms with Gasteiger partial charge in [-0.15, -0.1) is 0 Å². The van der Waals surface area contributed by atoms with E-state index in [0.29, 0.717) is 25.6 Å². The highest BCUT2D eigenvalue weighted by molar-refractivity contribution is 7.89. The van der Waals surface area contributed by atoms with Crippen LogP contribution >= 0.6 is 0 Å². The summed E-state index contributed by atoms with van der Waals surface area (Å²) in [6.45, 7) is 3.58. The topological polar surface area (TPSA) is 75.4 Å². The molecule has 2 rings (SSSR count). The molecule has 19 heavy (non-hydrogen) atoms. The van der Waals surface area contributed by atoms with E-state index in [2.05, 4.69) is 12.0 Å². The molecule has 0 radical (unpaired) electrons. The van der Waals surface area contributed by atoms with Gasteiger partial charge in [-0.3, -0.25) is 4.68 Å². The Hall–Kier alpha value is -0.920. The Bertz CT molecular complexity index is 512. The van der Waals surface area contributed by atoms with E-state index in [0.717, 1.165) is 19.3 Å². The summed E-state index contributed by atoms with van der Waals surface area (Å²) in [5.41, 5.74) is 0. The van der Waals surface area contributed by atoms with Crippen molar-refractivity contribution < 1.29 is 13.5 Å². The molecule has 1 aliphatic heterocycles. The molecule has 0 amide bonds. The van der Waals surface area contributed by atoms with Crippen LogP contribution < -0.4 is 0 Å². The molecule has 1 N–H and O–H groups in total. The van der Waals surface area contributed by atoms with Crippen molar-refractivity contribution in [3.63, 3.8) is 0 Å². The zero-order valence-electron chi connectivity index (χ0n) is 11.2. The molecule has 7 heteroatoms. The molecule has 1 aliphatic rings. The molecule has 1 aromatic heterocycles. The number of nitrogens with zero attached hydrogens (tertiary/aromatic N) is 3. The van der Waals surface area contributed by atoms with E-state index in [4.69, 9.17) is 5.11 Å². The molecule has 0 bridgehead atoms. The Kier molecular flexibility index (Phi) is 4.59. The summed E-state index contributed by atoms with van der Waals surface area (Å²) in [5.74, 6) is 0.581. The summed E-state index contributed by atoms with van der Waals surface area (Å²) in [7, 11) is -3.44. The third-order valence-electron chi connectivity index (χ3n) is 3.55. The highest BCUT2D eigenvalue weighted by Crippen LogP contribution is 2.22. The molecule has 1 fully saturated rings. The van der Waals surface area contributed by atoms with Crippen LogP contribution in [0.1, 0.15) is 26.2 Å². The molecule has 1 atom stereocenters. The average Bonchev–Trinajstić information content (AvgIpc) is 2.72. The van der Waals surface area contributed by atoms with Crippen molar-refractivity contribution in [3.05, 3.63) is 12.4 Å². The van der Waals surface area contributed by atoms with Gasteiger partial charge in [0.15, 0.2) is 0 Å². The third kappa shape index (κ3) is 3.34. The van der Waals surface area contributed by atoms with Gasteiger partial charge in [-0.05, 0) is 25.2 Å². The summed E-state index contributed by atoms with van der Waals surface area (Å²) in [5, 5.41) is 12.8. The molecule has 2 heterocycles. The lowest BCUT2D eigenvalue weighted by molar-refractivity contribution is 0.269. The molecule has 6 nitrogen and oxygen atoms in total. The summed E-state index contributed by atoms with van der Waals surface area (Å²) in [6.07, 6.45) is 5.74. The van der Waals surface area contributed by atoms with Gasteiger partial charge in [0.05, 0.1) is 19.3 Å². The number of hydrogen-bond acceptors (Lipinski definition) is 4. The third-order valence-corrected chi connectivity index (χ3v) is 5.40. The lowest BCUT2D eigenvalue weighted by atomic mass is 10.0. The minimum absolute atomic E-state index is 0.0532. The average molecular weight is 287 g/mol. The summed E-state index contributed by atoms with van der Waals surface area (Å²) in [6, 6.07) is 0. The van der Waals surface area contributed by atoms with Crippen molar-refractivity contribution in [2.45, 2.75) is 37.6 Å². The summed E-state index contributed by atoms with van der Waals surface area (Å²) >= 11 is 0. The van der Waals surface area contributed by atoms with Crippen LogP contribution in [0.3, 0.4) is 0 Å². The first-order chi connectivity index (χ1) is 9.04. The Labute approximate surface area is 114 Å². The lowest BCUT2D eigenvalue weighted by Gasteiger charge is -2.18. The van der Waals surface area contributed by atoms with Crippen LogP contribution in [0, 0.1) is 5.92 Å². The Morgan fingerprint density at radius 1 is 1.42 bits per heavy atom. The Morgan fingerprint density at radius 2 is 2.21 bits per heavy atom. The predicted octanol–water partition coefficient (Wildman–Crippen LogP) is 0.686. The molecule has 1 saturated heterocycles. The van der Waals surface area contributed by atoms with Gasteiger partial charge in [0.25, 0.3) is 0 Å². The van der Waals surface area contributed by atoms with E-state index in [1.165, 1.54) is 17.1 Å². The number of rotatable bonds is 4. The van der Waals surface area contributed by atoms with Crippen molar-refractivity contribution in [1.82, 2.24) is 14.1 Å². The first-order valence-electron chi connectivity index (χ1n) is 6.67. The molecule has 0 aromatic carbocycles. The van der Waals surface area contributed by atoms with Crippen LogP contribution in [0.2, 0.25) is 0 Å². The minimum atomic E-state index is -3.44. The molecule has 0 spiro atoms. The zero-order valence-corrected chi connectivity index (χ0v) is 12.0. The molecule has 108 valence electrons. The Morgan fingerprint density at radius 3 is 2.95 bits per heavy atom. The van der Waals surface area contributed by atoms with Gasteiger partial charge in [0.1, 0.15) is 4.90 Å². The van der Waals surface area contributed by atoms with E-state index in [1.54, 1.807) is 4.31 Å². The van der Waals surface area contributed by atoms with Crippen LogP contribution in [0.15, 0.2) is 17.3 Å². The van der Waals surface area contributed by atoms with Crippen molar-refractivity contribution >= 4 is 10.0 Å². The number of aromatic nitrogens is 2. The monoisotopic (exact) mass is 287 g/mol. The number of hydrogen-bond donors (Lipinski definition) is 1. The van der Waals surface area contributed by atoms with Crippen LogP contribution in [0.5, 0.6) is 0 Å². The van der Waals surface area contributed by atoms with Crippen LogP contribution in [0.25, 0.3) is 0 Å². The molecule has 1 unspecified atom stereocenters. The molecule has 0 saturated carbocycles. The van der Waals surface area contributed by atoms with Crippen LogP contribution in [-0.2, 0) is 16.6 Å². The molecule has 1 aromatic rings. The Balaban J connectivity index is 2.15. The van der Waals surface area contributed by atoms with Crippen LogP contribution in [-0.4, -0.2) is 47.3 Å². The van der Waals surface area contributed by atoms with E-state index >= 15 is 0 Å². The smallest absolute Gasteiger partial charge is 0.246 e. The van der Waals surface area contributed by atoms with Gasteiger partial charge in [0, 0.05) is 19.3 Å². The first-order valence-corrected chi connectivity index (χ1v) is 8.11. The molecular formula is C12H21N3O3S. The highest BCUT2D eigenvalue weighted by Gasteiger charge is 2.27. The quantitative estimate of drug-likeness (QED) is 0.884. The van der Waals surface area contributed by atoms with Gasteiger partial charge in [-0.2, -0.15) is 9.40 Å². The second-order valence-electron chi connectivity index (χ2n) is 5.10. The molecular weight excluding hydrogens is 266 g/mol. The fourth-order valence-electron chi connectivity index (χ4n) is 2.33. The van der Waals surface area contributed by atoms with Gasteiger partial charge in [-0.1, -0.05) is 6.92 Å². The normalized spacial score (nSPS) is 22.3. The summed E-state index contributed by atoms with van der Waals surface area (Å²) in [4.78, 5) is 0.218. The second kappa shape index (κ2) is 6.02. The van der Waals surface area contributed by atoms with Gasteiger partial charge in [0.2, 0.25) is 10.0 Å². The maximum Gasteiger partial charge on any atom is 0.246 e. The first kappa shape index (κ1) is 14.5. The van der Waals surface area contributed by atoms with E-state index in [9.17, 15) is 8.42 Å². The highest BCUT2D eigenvalue weighted by atomic mass is 32.2. The van der Waals surface area contributed by atoms with Gasteiger partial charge < -0.3 is 5.11 Å². The van der Waals surface area contributed by atoms with Gasteiger partial charge >= 0.3 is 0 Å². The minimum Gasteiger partial charge on any atom is -0.394 e. The molecule has 0 aliphatic carbocycles.